The van der Waals surface area contributed by atoms with E-state index >= 15 is 0 Å². The summed E-state index contributed by atoms with van der Waals surface area (Å²) in [5, 5.41) is 6.00. The average molecular weight is 330 g/mol. The number of hydrogen-bond acceptors (Lipinski definition) is 4. The van der Waals surface area contributed by atoms with E-state index in [9.17, 15) is 9.18 Å². The number of nitrogens with one attached hydrogen (secondary N) is 2. The van der Waals surface area contributed by atoms with E-state index in [0.717, 1.165) is 32.8 Å². The Morgan fingerprint density at radius 2 is 2.09 bits per heavy atom. The highest BCUT2D eigenvalue weighted by atomic mass is 35.5. The summed E-state index contributed by atoms with van der Waals surface area (Å²) < 4.78 is 18.3. The van der Waals surface area contributed by atoms with Gasteiger partial charge in [0.05, 0.1) is 18.2 Å². The first kappa shape index (κ1) is 17.0. The van der Waals surface area contributed by atoms with Crippen molar-refractivity contribution in [3.8, 4) is 0 Å². The van der Waals surface area contributed by atoms with Crippen molar-refractivity contribution in [1.29, 1.82) is 0 Å². The second-order valence-electron chi connectivity index (χ2n) is 5.11. The van der Waals surface area contributed by atoms with Crippen molar-refractivity contribution in [1.82, 2.24) is 10.2 Å². The third-order valence-corrected chi connectivity index (χ3v) is 3.74. The van der Waals surface area contributed by atoms with Crippen LogP contribution in [0.25, 0.3) is 0 Å². The van der Waals surface area contributed by atoms with E-state index in [0.29, 0.717) is 25.2 Å². The van der Waals surface area contributed by atoms with E-state index in [4.69, 9.17) is 16.3 Å². The van der Waals surface area contributed by atoms with E-state index in [-0.39, 0.29) is 10.9 Å². The number of ether oxygens (including phenoxy) is 1. The quantitative estimate of drug-likeness (QED) is 0.800. The first-order valence-electron chi connectivity index (χ1n) is 7.41. The molecule has 0 bridgehead atoms. The van der Waals surface area contributed by atoms with Crippen molar-refractivity contribution in [3.63, 3.8) is 0 Å². The molecule has 22 heavy (non-hydrogen) atoms. The molecule has 1 saturated heterocycles. The maximum atomic E-state index is 13.0. The molecule has 1 aromatic carbocycles. The molecule has 0 aliphatic carbocycles. The molecule has 1 aliphatic rings. The van der Waals surface area contributed by atoms with Gasteiger partial charge in [-0.1, -0.05) is 11.6 Å². The molecule has 0 atom stereocenters. The third-order valence-electron chi connectivity index (χ3n) is 3.45. The molecule has 0 unspecified atom stereocenters. The van der Waals surface area contributed by atoms with E-state index in [1.165, 1.54) is 12.1 Å². The molecule has 0 radical (unpaired) electrons. The van der Waals surface area contributed by atoms with Gasteiger partial charge in [0.25, 0.3) is 0 Å². The zero-order chi connectivity index (χ0) is 15.8. The van der Waals surface area contributed by atoms with E-state index < -0.39 is 5.82 Å². The van der Waals surface area contributed by atoms with Crippen LogP contribution in [0, 0.1) is 5.82 Å². The summed E-state index contributed by atoms with van der Waals surface area (Å²) in [6, 6.07) is 4.40. The number of anilines is 1. The lowest BCUT2D eigenvalue weighted by molar-refractivity contribution is -0.120. The van der Waals surface area contributed by atoms with Gasteiger partial charge in [0.1, 0.15) is 5.82 Å². The molecular formula is C15H21ClFN3O2. The van der Waals surface area contributed by atoms with Crippen molar-refractivity contribution in [2.75, 3.05) is 51.3 Å². The Bertz CT molecular complexity index is 496. The van der Waals surface area contributed by atoms with Crippen LogP contribution in [0.1, 0.15) is 6.42 Å². The molecule has 0 saturated carbocycles. The first-order chi connectivity index (χ1) is 10.6. The zero-order valence-electron chi connectivity index (χ0n) is 12.4. The van der Waals surface area contributed by atoms with Crippen LogP contribution < -0.4 is 10.6 Å². The fourth-order valence-corrected chi connectivity index (χ4v) is 2.37. The van der Waals surface area contributed by atoms with Gasteiger partial charge in [-0.15, -0.1) is 0 Å². The molecule has 122 valence electrons. The summed E-state index contributed by atoms with van der Waals surface area (Å²) in [5.41, 5.74) is 0.701. The van der Waals surface area contributed by atoms with Gasteiger partial charge < -0.3 is 15.4 Å². The largest absolute Gasteiger partial charge is 0.384 e. The molecule has 1 aromatic rings. The van der Waals surface area contributed by atoms with Crippen LogP contribution in [0.4, 0.5) is 10.1 Å². The van der Waals surface area contributed by atoms with Crippen LogP contribution in [0.2, 0.25) is 5.02 Å². The predicted molar refractivity (Wildman–Crippen MR) is 84.8 cm³/mol. The number of carbonyl (C=O) groups is 1. The van der Waals surface area contributed by atoms with Crippen molar-refractivity contribution in [2.24, 2.45) is 0 Å². The molecule has 1 aliphatic heterocycles. The number of hydrogen-bond donors (Lipinski definition) is 2. The Hall–Kier alpha value is -1.37. The monoisotopic (exact) mass is 329 g/mol. The fraction of sp³-hybridized carbons (Fsp3) is 0.533. The molecule has 1 fully saturated rings. The minimum atomic E-state index is -0.451. The predicted octanol–water partition coefficient (Wildman–Crippen LogP) is 1.73. The maximum absolute atomic E-state index is 13.0. The molecular weight excluding hydrogens is 309 g/mol. The third kappa shape index (κ3) is 5.79. The molecule has 7 heteroatoms. The Morgan fingerprint density at radius 3 is 2.82 bits per heavy atom. The number of rotatable bonds is 7. The average Bonchev–Trinajstić information content (AvgIpc) is 2.52. The molecule has 2 N–H and O–H groups in total. The normalized spacial score (nSPS) is 15.5. The minimum Gasteiger partial charge on any atom is -0.384 e. The van der Waals surface area contributed by atoms with Gasteiger partial charge >= 0.3 is 0 Å². The summed E-state index contributed by atoms with van der Waals surface area (Å²) in [6.45, 7) is 5.32. The van der Waals surface area contributed by atoms with Gasteiger partial charge in [0, 0.05) is 44.8 Å². The second kappa shape index (κ2) is 8.92. The molecule has 5 nitrogen and oxygen atoms in total. The van der Waals surface area contributed by atoms with Crippen LogP contribution >= 0.6 is 11.6 Å². The minimum absolute atomic E-state index is 0.00559. The highest BCUT2D eigenvalue weighted by Gasteiger charge is 2.10. The number of nitrogens with zero attached hydrogens (tertiary/aromatic N) is 1. The fourth-order valence-electron chi connectivity index (χ4n) is 2.19. The van der Waals surface area contributed by atoms with E-state index in [1.807, 2.05) is 0 Å². The van der Waals surface area contributed by atoms with Gasteiger partial charge in [-0.2, -0.15) is 0 Å². The highest BCUT2D eigenvalue weighted by Crippen LogP contribution is 2.19. The number of carbonyl (C=O) groups excluding carboxylic acids is 1. The second-order valence-corrected chi connectivity index (χ2v) is 5.52. The van der Waals surface area contributed by atoms with Gasteiger partial charge in [0.2, 0.25) is 5.91 Å². The number of halogens is 2. The van der Waals surface area contributed by atoms with Gasteiger partial charge in [0.15, 0.2) is 0 Å². The summed E-state index contributed by atoms with van der Waals surface area (Å²) in [5.74, 6) is -0.456. The number of morpholine rings is 1. The first-order valence-corrected chi connectivity index (χ1v) is 7.78. The lowest BCUT2D eigenvalue weighted by atomic mass is 10.3. The van der Waals surface area contributed by atoms with Crippen molar-refractivity contribution in [3.05, 3.63) is 29.0 Å². The van der Waals surface area contributed by atoms with Crippen LogP contribution in [-0.2, 0) is 9.53 Å². The summed E-state index contributed by atoms with van der Waals surface area (Å²) in [7, 11) is 0. The van der Waals surface area contributed by atoms with Gasteiger partial charge in [-0.05, 0) is 18.2 Å². The highest BCUT2D eigenvalue weighted by molar-refractivity contribution is 6.31. The Morgan fingerprint density at radius 1 is 1.32 bits per heavy atom. The van der Waals surface area contributed by atoms with Crippen LogP contribution in [0.5, 0.6) is 0 Å². The SMILES string of the molecule is O=C(CCNc1ccc(F)c(Cl)c1)NCCN1CCOCC1. The zero-order valence-corrected chi connectivity index (χ0v) is 13.2. The molecule has 1 amide bonds. The summed E-state index contributed by atoms with van der Waals surface area (Å²) >= 11 is 5.69. The molecule has 2 rings (SSSR count). The Labute approximate surface area is 134 Å². The lowest BCUT2D eigenvalue weighted by Crippen LogP contribution is -2.41. The maximum Gasteiger partial charge on any atom is 0.221 e. The Kier molecular flexibility index (Phi) is 6.89. The molecule has 0 aromatic heterocycles. The van der Waals surface area contributed by atoms with E-state index in [2.05, 4.69) is 15.5 Å². The number of benzene rings is 1. The van der Waals surface area contributed by atoms with Crippen molar-refractivity contribution >= 4 is 23.2 Å². The van der Waals surface area contributed by atoms with Crippen molar-refractivity contribution < 1.29 is 13.9 Å². The lowest BCUT2D eigenvalue weighted by Gasteiger charge is -2.26. The number of amides is 1. The smallest absolute Gasteiger partial charge is 0.221 e. The van der Waals surface area contributed by atoms with Crippen LogP contribution in [-0.4, -0.2) is 56.7 Å². The van der Waals surface area contributed by atoms with Crippen LogP contribution in [0.15, 0.2) is 18.2 Å². The van der Waals surface area contributed by atoms with Crippen molar-refractivity contribution in [2.45, 2.75) is 6.42 Å². The van der Waals surface area contributed by atoms with Crippen LogP contribution in [0.3, 0.4) is 0 Å². The van der Waals surface area contributed by atoms with Gasteiger partial charge in [-0.25, -0.2) is 4.39 Å². The van der Waals surface area contributed by atoms with Gasteiger partial charge in [-0.3, -0.25) is 9.69 Å². The standard InChI is InChI=1S/C15H21ClFN3O2/c16-13-11-12(1-2-14(13)17)18-4-3-15(21)19-5-6-20-7-9-22-10-8-20/h1-2,11,18H,3-10H2,(H,19,21). The van der Waals surface area contributed by atoms with E-state index in [1.54, 1.807) is 6.07 Å². The topological polar surface area (TPSA) is 53.6 Å². The summed E-state index contributed by atoms with van der Waals surface area (Å²) in [4.78, 5) is 14.0. The molecule has 1 heterocycles. The summed E-state index contributed by atoms with van der Waals surface area (Å²) in [6.07, 6.45) is 0.359. The molecule has 0 spiro atoms. The Balaban J connectivity index is 1.58.